The Morgan fingerprint density at radius 2 is 0.457 bits per heavy atom. The highest BCUT2D eigenvalue weighted by Crippen LogP contribution is 2.45. The molecule has 0 heterocycles. The number of hydrogen-bond acceptors (Lipinski definition) is 15. The lowest BCUT2D eigenvalue weighted by atomic mass is 10.0. The Labute approximate surface area is 562 Å². The third kappa shape index (κ3) is 66.7. The van der Waals surface area contributed by atoms with Gasteiger partial charge in [-0.15, -0.1) is 0 Å². The molecule has 0 aliphatic carbocycles. The summed E-state index contributed by atoms with van der Waals surface area (Å²) in [5.41, 5.74) is 0. The van der Waals surface area contributed by atoms with Crippen molar-refractivity contribution in [1.29, 1.82) is 0 Å². The molecule has 19 heteroatoms. The Bertz CT molecular complexity index is 1820. The number of ether oxygens (including phenoxy) is 4. The van der Waals surface area contributed by atoms with Crippen LogP contribution in [0.5, 0.6) is 0 Å². The standard InChI is InChI=1S/C73H142O17P2/c1-63(2)49-41-33-25-18-13-10-9-11-15-22-30-39-47-55-72(77)89-68(59-83-70(75)53-45-37-29-21-16-12-14-19-26-34-42-50-64(3)4)61-87-91(79,80)85-57-67(74)58-86-92(81,82)88-62-69(60-84-71(76)54-46-38-32-24-28-36-44-52-66(7)8)90-73(78)56-48-40-31-23-17-20-27-35-43-51-65(5)6/h63-69,74H,9-62H2,1-8H3,(H,79,80)(H,81,82)/t67?,68-,69-/m1/s1. The number of aliphatic hydroxyl groups is 1. The number of carbonyl (C=O) groups excluding carboxylic acids is 4. The monoisotopic (exact) mass is 1350 g/mol. The molecule has 0 bridgehead atoms. The predicted molar refractivity (Wildman–Crippen MR) is 372 cm³/mol. The Morgan fingerprint density at radius 1 is 0.272 bits per heavy atom. The summed E-state index contributed by atoms with van der Waals surface area (Å²) in [5.74, 6) is 0.873. The van der Waals surface area contributed by atoms with Gasteiger partial charge in [0.05, 0.1) is 26.4 Å². The van der Waals surface area contributed by atoms with Gasteiger partial charge in [0.1, 0.15) is 19.3 Å². The number of carbonyl (C=O) groups is 4. The van der Waals surface area contributed by atoms with E-state index in [0.717, 1.165) is 114 Å². The van der Waals surface area contributed by atoms with Crippen LogP contribution in [0.1, 0.15) is 364 Å². The zero-order valence-corrected chi connectivity index (χ0v) is 62.0. The van der Waals surface area contributed by atoms with E-state index in [1.807, 2.05) is 0 Å². The van der Waals surface area contributed by atoms with Crippen molar-refractivity contribution in [3.8, 4) is 0 Å². The van der Waals surface area contributed by atoms with E-state index >= 15 is 0 Å². The number of aliphatic hydroxyl groups excluding tert-OH is 1. The van der Waals surface area contributed by atoms with Crippen LogP contribution in [0.25, 0.3) is 0 Å². The van der Waals surface area contributed by atoms with E-state index in [2.05, 4.69) is 55.4 Å². The lowest BCUT2D eigenvalue weighted by Crippen LogP contribution is -2.30. The molecule has 92 heavy (non-hydrogen) atoms. The predicted octanol–water partition coefficient (Wildman–Crippen LogP) is 20.9. The molecular weight excluding hydrogens is 1210 g/mol. The van der Waals surface area contributed by atoms with E-state index < -0.39 is 97.5 Å². The van der Waals surface area contributed by atoms with Gasteiger partial charge >= 0.3 is 39.5 Å². The van der Waals surface area contributed by atoms with Gasteiger partial charge in [-0.1, -0.05) is 312 Å². The highest BCUT2D eigenvalue weighted by molar-refractivity contribution is 7.47. The number of hydrogen-bond donors (Lipinski definition) is 3. The number of rotatable bonds is 70. The summed E-state index contributed by atoms with van der Waals surface area (Å²) in [4.78, 5) is 72.7. The molecule has 3 N–H and O–H groups in total. The van der Waals surface area contributed by atoms with Crippen LogP contribution in [-0.2, 0) is 65.4 Å². The second-order valence-corrected chi connectivity index (χ2v) is 31.1. The van der Waals surface area contributed by atoms with Crippen LogP contribution in [0.3, 0.4) is 0 Å². The molecule has 0 fully saturated rings. The summed E-state index contributed by atoms with van der Waals surface area (Å²) in [5, 5.41) is 10.6. The molecule has 0 aliphatic rings. The van der Waals surface area contributed by atoms with Gasteiger partial charge in [0.15, 0.2) is 12.2 Å². The largest absolute Gasteiger partial charge is 0.472 e. The maximum absolute atomic E-state index is 13.1. The van der Waals surface area contributed by atoms with Crippen molar-refractivity contribution in [1.82, 2.24) is 0 Å². The van der Waals surface area contributed by atoms with Crippen molar-refractivity contribution in [3.05, 3.63) is 0 Å². The minimum Gasteiger partial charge on any atom is -0.462 e. The molecule has 546 valence electrons. The number of phosphoric acid groups is 2. The summed E-state index contributed by atoms with van der Waals surface area (Å²) in [6.07, 6.45) is 45.9. The first-order valence-corrected chi connectivity index (χ1v) is 40.7. The SMILES string of the molecule is CC(C)CCCCCCCCCCCCCCCC(=O)O[C@H](COC(=O)CCCCCCCCCCCCCC(C)C)COP(=O)(O)OCC(O)COP(=O)(O)OC[C@@H](COC(=O)CCCCCCCCCC(C)C)OC(=O)CCCCCCCCCCCC(C)C. The number of unbranched alkanes of at least 4 members (excludes halogenated alkanes) is 36. The zero-order valence-electron chi connectivity index (χ0n) is 60.2. The van der Waals surface area contributed by atoms with E-state index in [0.29, 0.717) is 31.6 Å². The third-order valence-electron chi connectivity index (χ3n) is 16.8. The molecule has 0 amide bonds. The molecule has 3 unspecified atom stereocenters. The van der Waals surface area contributed by atoms with Crippen LogP contribution in [0.2, 0.25) is 0 Å². The molecule has 0 aromatic carbocycles. The van der Waals surface area contributed by atoms with Gasteiger partial charge in [-0.2, -0.15) is 0 Å². The lowest BCUT2D eigenvalue weighted by Gasteiger charge is -2.21. The molecule has 0 radical (unpaired) electrons. The Kier molecular flexibility index (Phi) is 61.3. The van der Waals surface area contributed by atoms with Crippen LogP contribution in [-0.4, -0.2) is 96.7 Å². The van der Waals surface area contributed by atoms with Gasteiger partial charge in [-0.3, -0.25) is 37.3 Å². The summed E-state index contributed by atoms with van der Waals surface area (Å²) >= 11 is 0. The molecule has 0 aromatic rings. The Balaban J connectivity index is 5.26. The summed E-state index contributed by atoms with van der Waals surface area (Å²) in [6.45, 7) is 14.1. The first-order valence-electron chi connectivity index (χ1n) is 37.7. The summed E-state index contributed by atoms with van der Waals surface area (Å²) in [7, 11) is -9.91. The van der Waals surface area contributed by atoms with Gasteiger partial charge in [0.2, 0.25) is 0 Å². The quantitative estimate of drug-likeness (QED) is 0.0222. The molecule has 0 aliphatic heterocycles. The molecule has 0 spiro atoms. The van der Waals surface area contributed by atoms with Crippen LogP contribution >= 0.6 is 15.6 Å². The highest BCUT2D eigenvalue weighted by atomic mass is 31.2. The van der Waals surface area contributed by atoms with Crippen molar-refractivity contribution in [3.63, 3.8) is 0 Å². The van der Waals surface area contributed by atoms with Crippen molar-refractivity contribution in [2.45, 2.75) is 382 Å². The maximum Gasteiger partial charge on any atom is 0.472 e. The van der Waals surface area contributed by atoms with E-state index in [9.17, 15) is 43.2 Å². The van der Waals surface area contributed by atoms with Gasteiger partial charge in [0, 0.05) is 25.7 Å². The van der Waals surface area contributed by atoms with Gasteiger partial charge < -0.3 is 33.8 Å². The van der Waals surface area contributed by atoms with Crippen molar-refractivity contribution in [2.75, 3.05) is 39.6 Å². The fourth-order valence-electron chi connectivity index (χ4n) is 11.0. The Hall–Kier alpha value is -1.94. The van der Waals surface area contributed by atoms with E-state index in [1.54, 1.807) is 0 Å². The smallest absolute Gasteiger partial charge is 0.462 e. The highest BCUT2D eigenvalue weighted by Gasteiger charge is 2.30. The summed E-state index contributed by atoms with van der Waals surface area (Å²) < 4.78 is 68.4. The lowest BCUT2D eigenvalue weighted by molar-refractivity contribution is -0.161. The minimum atomic E-state index is -4.96. The number of esters is 4. The average Bonchev–Trinajstić information content (AvgIpc) is 1.51. The Morgan fingerprint density at radius 3 is 0.674 bits per heavy atom. The van der Waals surface area contributed by atoms with E-state index in [-0.39, 0.29) is 25.7 Å². The van der Waals surface area contributed by atoms with Gasteiger partial charge in [-0.25, -0.2) is 9.13 Å². The van der Waals surface area contributed by atoms with E-state index in [4.69, 9.17) is 37.0 Å². The fraction of sp³-hybridized carbons (Fsp3) is 0.945. The summed E-state index contributed by atoms with van der Waals surface area (Å²) in [6, 6.07) is 0. The first-order chi connectivity index (χ1) is 44.1. The van der Waals surface area contributed by atoms with Crippen molar-refractivity contribution < 1.29 is 80.2 Å². The molecule has 0 rings (SSSR count). The topological polar surface area (TPSA) is 237 Å². The van der Waals surface area contributed by atoms with Gasteiger partial charge in [0.25, 0.3) is 0 Å². The van der Waals surface area contributed by atoms with Crippen LogP contribution in [0, 0.1) is 23.7 Å². The normalized spacial score (nSPS) is 14.2. The zero-order chi connectivity index (χ0) is 68.2. The average molecular weight is 1350 g/mol. The second-order valence-electron chi connectivity index (χ2n) is 28.2. The van der Waals surface area contributed by atoms with Crippen LogP contribution in [0.15, 0.2) is 0 Å². The fourth-order valence-corrected chi connectivity index (χ4v) is 12.6. The second kappa shape index (κ2) is 62.6. The van der Waals surface area contributed by atoms with Crippen molar-refractivity contribution in [2.24, 2.45) is 23.7 Å². The molecular formula is C73H142O17P2. The molecule has 0 saturated carbocycles. The van der Waals surface area contributed by atoms with Gasteiger partial charge in [-0.05, 0) is 49.4 Å². The third-order valence-corrected chi connectivity index (χ3v) is 18.7. The molecule has 0 saturated heterocycles. The van der Waals surface area contributed by atoms with Crippen LogP contribution in [0.4, 0.5) is 0 Å². The van der Waals surface area contributed by atoms with E-state index in [1.165, 1.54) is 161 Å². The minimum absolute atomic E-state index is 0.104. The first kappa shape index (κ1) is 90.1. The molecule has 0 aromatic heterocycles. The molecule has 5 atom stereocenters. The number of phosphoric ester groups is 2. The van der Waals surface area contributed by atoms with Crippen molar-refractivity contribution >= 4 is 39.5 Å². The maximum atomic E-state index is 13.1. The van der Waals surface area contributed by atoms with Crippen LogP contribution < -0.4 is 0 Å². The molecule has 17 nitrogen and oxygen atoms in total.